The number of fused-ring (bicyclic) bond motifs is 4. The number of rotatable bonds is 0. The molecule has 106 valence electrons. The van der Waals surface area contributed by atoms with Crippen LogP contribution in [0, 0.1) is 5.92 Å². The molecule has 2 aromatic rings. The van der Waals surface area contributed by atoms with Crippen LogP contribution in [0.1, 0.15) is 12.8 Å². The van der Waals surface area contributed by atoms with E-state index >= 15 is 0 Å². The lowest BCUT2D eigenvalue weighted by atomic mass is 9.86. The van der Waals surface area contributed by atoms with Crippen molar-refractivity contribution in [2.24, 2.45) is 5.92 Å². The summed E-state index contributed by atoms with van der Waals surface area (Å²) in [4.78, 5) is 6.38. The van der Waals surface area contributed by atoms with E-state index in [1.165, 1.54) is 32.1 Å². The lowest BCUT2D eigenvalue weighted by Crippen LogP contribution is -2.50. The van der Waals surface area contributed by atoms with Crippen molar-refractivity contribution in [1.29, 1.82) is 0 Å². The van der Waals surface area contributed by atoms with Gasteiger partial charge in [0.05, 0.1) is 17.8 Å². The molecule has 0 radical (unpaired) electrons. The van der Waals surface area contributed by atoms with Gasteiger partial charge < -0.3 is 15.1 Å². The van der Waals surface area contributed by atoms with Crippen LogP contribution in [0.15, 0.2) is 36.5 Å². The van der Waals surface area contributed by atoms with Gasteiger partial charge in [0.2, 0.25) is 0 Å². The van der Waals surface area contributed by atoms with Gasteiger partial charge in [-0.05, 0) is 44.0 Å². The van der Waals surface area contributed by atoms with E-state index in [0.717, 1.165) is 17.4 Å². The molecule has 1 unspecified atom stereocenters. The summed E-state index contributed by atoms with van der Waals surface area (Å²) < 4.78 is 0. The van der Waals surface area contributed by atoms with Crippen molar-refractivity contribution in [2.45, 2.75) is 18.9 Å². The molecule has 20 heavy (non-hydrogen) atoms. The minimum absolute atomic E-state index is 0.00694. The maximum absolute atomic E-state index is 9.36. The minimum atomic E-state index is -0.00694. The number of benzene rings is 1. The molecule has 4 heterocycles. The maximum atomic E-state index is 9.36. The van der Waals surface area contributed by atoms with Crippen LogP contribution in [0.3, 0.4) is 0 Å². The van der Waals surface area contributed by atoms with E-state index in [2.05, 4.69) is 9.88 Å². The summed E-state index contributed by atoms with van der Waals surface area (Å²) in [6, 6.07) is 9.37. The van der Waals surface area contributed by atoms with E-state index in [-0.39, 0.29) is 11.9 Å². The number of aromatic nitrogens is 1. The number of piperidine rings is 3. The zero-order valence-electron chi connectivity index (χ0n) is 11.4. The fourth-order valence-corrected chi connectivity index (χ4v) is 2.99. The Labute approximate surface area is 118 Å². The highest BCUT2D eigenvalue weighted by Gasteiger charge is 2.32. The molecule has 3 aliphatic heterocycles. The highest BCUT2D eigenvalue weighted by atomic mass is 16.3. The van der Waals surface area contributed by atoms with Crippen LogP contribution < -0.4 is 0 Å². The van der Waals surface area contributed by atoms with E-state index < -0.39 is 0 Å². The quantitative estimate of drug-likeness (QED) is 0.770. The van der Waals surface area contributed by atoms with Gasteiger partial charge in [-0.15, -0.1) is 0 Å². The zero-order chi connectivity index (χ0) is 13.9. The number of aliphatic hydroxyl groups excluding tert-OH is 1. The van der Waals surface area contributed by atoms with Crippen molar-refractivity contribution in [3.05, 3.63) is 36.5 Å². The predicted molar refractivity (Wildman–Crippen MR) is 78.6 cm³/mol. The molecular weight excluding hydrogens is 252 g/mol. The molecule has 5 rings (SSSR count). The Balaban J connectivity index is 0.000000123. The molecule has 0 spiro atoms. The molecule has 2 bridgehead atoms. The molecule has 0 aliphatic carbocycles. The Kier molecular flexibility index (Phi) is 3.85. The van der Waals surface area contributed by atoms with Crippen LogP contribution in [0.5, 0.6) is 5.75 Å². The van der Waals surface area contributed by atoms with Gasteiger partial charge in [-0.3, -0.25) is 4.98 Å². The van der Waals surface area contributed by atoms with E-state index in [1.807, 2.05) is 24.3 Å². The highest BCUT2D eigenvalue weighted by Crippen LogP contribution is 2.26. The summed E-state index contributed by atoms with van der Waals surface area (Å²) in [6.45, 7) is 3.38. The molecule has 3 fully saturated rings. The van der Waals surface area contributed by atoms with E-state index in [1.54, 1.807) is 6.07 Å². The molecule has 2 N–H and O–H groups in total. The third kappa shape index (κ3) is 2.92. The molecule has 4 heteroatoms. The summed E-state index contributed by atoms with van der Waals surface area (Å²) in [6.07, 6.45) is 3.89. The molecule has 0 saturated carbocycles. The van der Waals surface area contributed by atoms with Crippen molar-refractivity contribution >= 4 is 10.9 Å². The third-order valence-corrected chi connectivity index (χ3v) is 4.20. The summed E-state index contributed by atoms with van der Waals surface area (Å²) >= 11 is 0. The number of aliphatic hydroxyl groups is 1. The highest BCUT2D eigenvalue weighted by molar-refractivity contribution is 5.79. The van der Waals surface area contributed by atoms with Gasteiger partial charge >= 0.3 is 0 Å². The van der Waals surface area contributed by atoms with Gasteiger partial charge in [0.15, 0.2) is 0 Å². The summed E-state index contributed by atoms with van der Waals surface area (Å²) in [5.74, 6) is 0.846. The van der Waals surface area contributed by atoms with E-state index in [4.69, 9.17) is 5.11 Å². The van der Waals surface area contributed by atoms with Gasteiger partial charge in [-0.2, -0.15) is 0 Å². The first kappa shape index (κ1) is 13.3. The largest absolute Gasteiger partial charge is 0.506 e. The molecule has 0 amide bonds. The van der Waals surface area contributed by atoms with Gasteiger partial charge in [-0.25, -0.2) is 0 Å². The third-order valence-electron chi connectivity index (χ3n) is 4.20. The van der Waals surface area contributed by atoms with Crippen molar-refractivity contribution in [1.82, 2.24) is 9.88 Å². The van der Waals surface area contributed by atoms with Gasteiger partial charge in [-0.1, -0.05) is 18.2 Å². The average Bonchev–Trinajstić information content (AvgIpc) is 2.49. The number of hydrogen-bond acceptors (Lipinski definition) is 4. The van der Waals surface area contributed by atoms with Crippen LogP contribution in [0.25, 0.3) is 10.9 Å². The van der Waals surface area contributed by atoms with Gasteiger partial charge in [0, 0.05) is 11.9 Å². The Bertz CT molecular complexity index is 579. The monoisotopic (exact) mass is 272 g/mol. The minimum Gasteiger partial charge on any atom is -0.506 e. The zero-order valence-corrected chi connectivity index (χ0v) is 11.4. The Morgan fingerprint density at radius 1 is 1.15 bits per heavy atom. The Hall–Kier alpha value is -1.65. The molecular formula is C16H20N2O2. The molecule has 4 nitrogen and oxygen atoms in total. The predicted octanol–water partition coefficient (Wildman–Crippen LogP) is 2.01. The lowest BCUT2D eigenvalue weighted by Gasteiger charge is -2.42. The van der Waals surface area contributed by atoms with Crippen LogP contribution in [0.4, 0.5) is 0 Å². The van der Waals surface area contributed by atoms with Crippen LogP contribution >= 0.6 is 0 Å². The molecule has 3 saturated heterocycles. The fraction of sp³-hybridized carbons (Fsp3) is 0.438. The molecule has 1 aromatic carbocycles. The van der Waals surface area contributed by atoms with Crippen molar-refractivity contribution < 1.29 is 10.2 Å². The van der Waals surface area contributed by atoms with Crippen molar-refractivity contribution in [3.8, 4) is 5.75 Å². The Morgan fingerprint density at radius 3 is 2.50 bits per heavy atom. The molecule has 3 aliphatic rings. The van der Waals surface area contributed by atoms with Crippen LogP contribution in [0.2, 0.25) is 0 Å². The second-order valence-electron chi connectivity index (χ2n) is 5.59. The van der Waals surface area contributed by atoms with E-state index in [9.17, 15) is 5.11 Å². The second-order valence-corrected chi connectivity index (χ2v) is 5.59. The van der Waals surface area contributed by atoms with E-state index in [0.29, 0.717) is 5.92 Å². The number of hydrogen-bond donors (Lipinski definition) is 2. The van der Waals surface area contributed by atoms with Gasteiger partial charge in [0.25, 0.3) is 0 Å². The number of para-hydroxylation sites is 1. The molecule has 1 atom stereocenters. The topological polar surface area (TPSA) is 56.6 Å². The number of nitrogens with zero attached hydrogens (tertiary/aromatic N) is 2. The second kappa shape index (κ2) is 5.77. The van der Waals surface area contributed by atoms with Crippen molar-refractivity contribution in [2.75, 3.05) is 19.6 Å². The normalized spacial score (nSPS) is 27.9. The first-order valence-corrected chi connectivity index (χ1v) is 7.16. The van der Waals surface area contributed by atoms with Crippen LogP contribution in [-0.2, 0) is 0 Å². The SMILES string of the molecule is OC1CN2CCC1CC2.Oc1cnc2ccccc2c1. The standard InChI is InChI=1S/C9H7NO.C7H13NO/c11-8-5-7-3-1-2-4-9(7)10-6-8;9-7-5-8-3-1-6(7)2-4-8/h1-6,11H;6-7,9H,1-5H2. The summed E-state index contributed by atoms with van der Waals surface area (Å²) in [5, 5.41) is 19.4. The van der Waals surface area contributed by atoms with Gasteiger partial charge in [0.1, 0.15) is 5.75 Å². The molecule has 1 aromatic heterocycles. The average molecular weight is 272 g/mol. The summed E-state index contributed by atoms with van der Waals surface area (Å²) in [7, 11) is 0. The number of aromatic hydroxyl groups is 1. The first-order valence-electron chi connectivity index (χ1n) is 7.16. The van der Waals surface area contributed by atoms with Crippen molar-refractivity contribution in [3.63, 3.8) is 0 Å². The smallest absolute Gasteiger partial charge is 0.134 e. The fourth-order valence-electron chi connectivity index (χ4n) is 2.99. The first-order chi connectivity index (χ1) is 9.72. The Morgan fingerprint density at radius 2 is 1.90 bits per heavy atom. The lowest BCUT2D eigenvalue weighted by molar-refractivity contribution is -0.0227. The maximum Gasteiger partial charge on any atom is 0.134 e. The van der Waals surface area contributed by atoms with Crippen LogP contribution in [-0.4, -0.2) is 45.8 Å². The summed E-state index contributed by atoms with van der Waals surface area (Å²) in [5.41, 5.74) is 0.908. The number of pyridine rings is 1.